The highest BCUT2D eigenvalue weighted by Crippen LogP contribution is 2.37. The second-order valence-electron chi connectivity index (χ2n) is 8.43. The zero-order chi connectivity index (χ0) is 24.0. The molecule has 1 aromatic heterocycles. The van der Waals surface area contributed by atoms with Gasteiger partial charge in [-0.15, -0.1) is 0 Å². The molecule has 4 rings (SSSR count). The number of nitrogens with zero attached hydrogens (tertiary/aromatic N) is 2. The van der Waals surface area contributed by atoms with Crippen molar-refractivity contribution < 1.29 is 33.0 Å². The first kappa shape index (κ1) is 22.8. The Bertz CT molecular complexity index is 1170. The fourth-order valence-electron chi connectivity index (χ4n) is 4.42. The predicted molar refractivity (Wildman–Crippen MR) is 109 cm³/mol. The van der Waals surface area contributed by atoms with Crippen molar-refractivity contribution in [2.75, 3.05) is 0 Å². The van der Waals surface area contributed by atoms with Crippen LogP contribution in [0.1, 0.15) is 52.6 Å². The quantitative estimate of drug-likeness (QED) is 0.601. The standard InChI is InChI=1S/C22H22F3N3O5/c1-10(29)2-3-12-6-13-8-27-9-15(19(30)20(31)18(27)22(33)28(12)13)21(32)26-7-14-16(24)4-11(23)5-17(14)25/h4-5,9-10,12-13,29,31H,2-3,6-8H2,1H3,(H,26,32)/t10-,12-,13+/m0/s1. The number of carbonyl (C=O) groups is 2. The lowest BCUT2D eigenvalue weighted by Crippen LogP contribution is -2.63. The molecule has 1 fully saturated rings. The molecule has 3 atom stereocenters. The van der Waals surface area contributed by atoms with Crippen molar-refractivity contribution in [1.82, 2.24) is 14.8 Å². The summed E-state index contributed by atoms with van der Waals surface area (Å²) in [6, 6.07) is 0.650. The number of pyridine rings is 1. The Morgan fingerprint density at radius 3 is 2.55 bits per heavy atom. The molecule has 0 spiro atoms. The first-order chi connectivity index (χ1) is 15.6. The summed E-state index contributed by atoms with van der Waals surface area (Å²) >= 11 is 0. The number of rotatable bonds is 6. The van der Waals surface area contributed by atoms with Gasteiger partial charge in [0, 0.05) is 43.0 Å². The minimum Gasteiger partial charge on any atom is -0.503 e. The Morgan fingerprint density at radius 2 is 1.91 bits per heavy atom. The molecule has 0 unspecified atom stereocenters. The molecule has 2 amide bonds. The van der Waals surface area contributed by atoms with Crippen LogP contribution < -0.4 is 10.7 Å². The molecule has 0 bridgehead atoms. The molecule has 176 valence electrons. The van der Waals surface area contributed by atoms with Crippen molar-refractivity contribution in [3.05, 3.63) is 62.8 Å². The summed E-state index contributed by atoms with van der Waals surface area (Å²) in [7, 11) is 0. The molecule has 3 N–H and O–H groups in total. The third-order valence-electron chi connectivity index (χ3n) is 6.13. The van der Waals surface area contributed by atoms with Crippen LogP contribution in [0.3, 0.4) is 0 Å². The number of hydrogen-bond donors (Lipinski definition) is 3. The molecule has 11 heteroatoms. The van der Waals surface area contributed by atoms with Gasteiger partial charge in [0.1, 0.15) is 23.0 Å². The Morgan fingerprint density at radius 1 is 1.24 bits per heavy atom. The summed E-state index contributed by atoms with van der Waals surface area (Å²) in [6.45, 7) is 1.25. The second kappa shape index (κ2) is 8.54. The van der Waals surface area contributed by atoms with Gasteiger partial charge < -0.3 is 25.0 Å². The summed E-state index contributed by atoms with van der Waals surface area (Å²) in [4.78, 5) is 39.6. The molecule has 2 aromatic rings. The van der Waals surface area contributed by atoms with Gasteiger partial charge in [-0.2, -0.15) is 0 Å². The number of nitrogens with one attached hydrogen (secondary N) is 1. The number of hydrogen-bond acceptors (Lipinski definition) is 5. The molecular formula is C22H22F3N3O5. The van der Waals surface area contributed by atoms with Crippen molar-refractivity contribution in [3.8, 4) is 5.75 Å². The van der Waals surface area contributed by atoms with E-state index in [2.05, 4.69) is 5.32 Å². The van der Waals surface area contributed by atoms with E-state index in [0.29, 0.717) is 31.4 Å². The van der Waals surface area contributed by atoms with Crippen LogP contribution in [0.5, 0.6) is 5.75 Å². The van der Waals surface area contributed by atoms with Gasteiger partial charge in [0.25, 0.3) is 11.8 Å². The first-order valence-electron chi connectivity index (χ1n) is 10.5. The summed E-state index contributed by atoms with van der Waals surface area (Å²) in [5.41, 5.74) is -2.40. The van der Waals surface area contributed by atoms with Crippen LogP contribution >= 0.6 is 0 Å². The van der Waals surface area contributed by atoms with Gasteiger partial charge in [-0.1, -0.05) is 0 Å². The van der Waals surface area contributed by atoms with Gasteiger partial charge in [-0.05, 0) is 26.2 Å². The van der Waals surface area contributed by atoms with E-state index in [1.807, 2.05) is 0 Å². The number of halogens is 3. The molecule has 0 aliphatic carbocycles. The van der Waals surface area contributed by atoms with E-state index in [1.54, 1.807) is 11.8 Å². The maximum atomic E-state index is 13.8. The summed E-state index contributed by atoms with van der Waals surface area (Å²) in [6.07, 6.45) is 2.40. The van der Waals surface area contributed by atoms with Crippen LogP contribution in [-0.2, 0) is 13.1 Å². The van der Waals surface area contributed by atoms with Gasteiger partial charge in [0.05, 0.1) is 12.1 Å². The topological polar surface area (TPSA) is 112 Å². The molecular weight excluding hydrogens is 443 g/mol. The third-order valence-corrected chi connectivity index (χ3v) is 6.13. The molecule has 0 saturated carbocycles. The Balaban J connectivity index is 1.55. The molecule has 2 aliphatic rings. The SMILES string of the molecule is C[C@H](O)CC[C@H]1C[C@@H]2Cn3cc(C(=O)NCc4c(F)cc(F)cc4F)c(=O)c(O)c3C(=O)N21. The van der Waals surface area contributed by atoms with E-state index in [0.717, 1.165) is 6.20 Å². The van der Waals surface area contributed by atoms with Gasteiger partial charge in [0.2, 0.25) is 5.43 Å². The van der Waals surface area contributed by atoms with Crippen molar-refractivity contribution in [1.29, 1.82) is 0 Å². The number of carbonyl (C=O) groups excluding carboxylic acids is 2. The molecule has 0 radical (unpaired) electrons. The van der Waals surface area contributed by atoms with Gasteiger partial charge in [0.15, 0.2) is 11.4 Å². The fourth-order valence-corrected chi connectivity index (χ4v) is 4.42. The number of amides is 2. The minimum atomic E-state index is -1.20. The van der Waals surface area contributed by atoms with Crippen molar-refractivity contribution >= 4 is 11.8 Å². The van der Waals surface area contributed by atoms with Gasteiger partial charge >= 0.3 is 0 Å². The zero-order valence-corrected chi connectivity index (χ0v) is 17.6. The van der Waals surface area contributed by atoms with Crippen molar-refractivity contribution in [2.24, 2.45) is 0 Å². The summed E-state index contributed by atoms with van der Waals surface area (Å²) in [5, 5.41) is 22.1. The number of aromatic nitrogens is 1. The lowest BCUT2D eigenvalue weighted by Gasteiger charge is -2.52. The maximum Gasteiger partial charge on any atom is 0.275 e. The number of aliphatic hydroxyl groups is 1. The highest BCUT2D eigenvalue weighted by molar-refractivity contribution is 5.99. The molecule has 1 saturated heterocycles. The Hall–Kier alpha value is -3.34. The van der Waals surface area contributed by atoms with Gasteiger partial charge in [-0.3, -0.25) is 14.4 Å². The Labute approximate surface area is 186 Å². The summed E-state index contributed by atoms with van der Waals surface area (Å²) < 4.78 is 42.0. The van der Waals surface area contributed by atoms with E-state index in [1.165, 1.54) is 4.57 Å². The lowest BCUT2D eigenvalue weighted by molar-refractivity contribution is -0.00818. The maximum absolute atomic E-state index is 13.8. The molecule has 1 aromatic carbocycles. The molecule has 3 heterocycles. The van der Waals surface area contributed by atoms with Crippen LogP contribution in [-0.4, -0.2) is 49.7 Å². The molecule has 8 nitrogen and oxygen atoms in total. The van der Waals surface area contributed by atoms with Gasteiger partial charge in [-0.25, -0.2) is 13.2 Å². The van der Waals surface area contributed by atoms with Crippen LogP contribution in [0.4, 0.5) is 13.2 Å². The minimum absolute atomic E-state index is 0.108. The van der Waals surface area contributed by atoms with E-state index in [-0.39, 0.29) is 24.3 Å². The first-order valence-corrected chi connectivity index (χ1v) is 10.5. The smallest absolute Gasteiger partial charge is 0.275 e. The van der Waals surface area contributed by atoms with Crippen LogP contribution in [0, 0.1) is 17.5 Å². The normalized spacial score (nSPS) is 20.0. The summed E-state index contributed by atoms with van der Waals surface area (Å²) in [5.74, 6) is -5.93. The monoisotopic (exact) mass is 465 g/mol. The number of benzene rings is 1. The third kappa shape index (κ3) is 4.08. The van der Waals surface area contributed by atoms with Crippen LogP contribution in [0.15, 0.2) is 23.1 Å². The molecule has 2 aliphatic heterocycles. The van der Waals surface area contributed by atoms with E-state index >= 15 is 0 Å². The van der Waals surface area contributed by atoms with Crippen molar-refractivity contribution in [3.63, 3.8) is 0 Å². The predicted octanol–water partition coefficient (Wildman–Crippen LogP) is 1.66. The highest BCUT2D eigenvalue weighted by Gasteiger charge is 2.47. The van der Waals surface area contributed by atoms with Crippen LogP contribution in [0.25, 0.3) is 0 Å². The Kier molecular flexibility index (Phi) is 5.91. The highest BCUT2D eigenvalue weighted by atomic mass is 19.1. The zero-order valence-electron chi connectivity index (χ0n) is 17.6. The fraction of sp³-hybridized carbons (Fsp3) is 0.409. The largest absolute Gasteiger partial charge is 0.503 e. The van der Waals surface area contributed by atoms with Crippen molar-refractivity contribution in [2.45, 2.75) is 57.5 Å². The number of aliphatic hydroxyl groups excluding tert-OH is 1. The average Bonchev–Trinajstić information content (AvgIpc) is 2.70. The second-order valence-corrected chi connectivity index (χ2v) is 8.43. The van der Waals surface area contributed by atoms with Crippen LogP contribution in [0.2, 0.25) is 0 Å². The van der Waals surface area contributed by atoms with E-state index < -0.39 is 64.2 Å². The lowest BCUT2D eigenvalue weighted by atomic mass is 9.86. The molecule has 33 heavy (non-hydrogen) atoms. The van der Waals surface area contributed by atoms with E-state index in [9.17, 15) is 37.8 Å². The number of aromatic hydroxyl groups is 1. The number of fused-ring (bicyclic) bond motifs is 2. The average molecular weight is 465 g/mol. The van der Waals surface area contributed by atoms with E-state index in [4.69, 9.17) is 0 Å².